The maximum Gasteiger partial charge on any atom is 0.244 e. The molecule has 2 heterocycles. The van der Waals surface area contributed by atoms with E-state index >= 15 is 0 Å². The van der Waals surface area contributed by atoms with Crippen molar-refractivity contribution in [3.05, 3.63) is 65.2 Å². The summed E-state index contributed by atoms with van der Waals surface area (Å²) in [6.45, 7) is 8.19. The van der Waals surface area contributed by atoms with Crippen LogP contribution in [-0.2, 0) is 11.3 Å². The molecule has 0 bridgehead atoms. The fourth-order valence-electron chi connectivity index (χ4n) is 2.84. The predicted octanol–water partition coefficient (Wildman–Crippen LogP) is 2.87. The van der Waals surface area contributed by atoms with Crippen LogP contribution < -0.4 is 5.32 Å². The largest absolute Gasteiger partial charge is 0.350 e. The quantitative estimate of drug-likeness (QED) is 0.778. The number of benzene rings is 1. The molecule has 1 atom stereocenters. The Morgan fingerprint density at radius 2 is 1.84 bits per heavy atom. The van der Waals surface area contributed by atoms with E-state index in [0.717, 1.165) is 28.3 Å². The molecule has 0 aliphatic rings. The SMILES string of the molecule is Cc1ccn(C(C)C(=O)NCc2c(C)nn(-c3ccccc3)c2C)n1. The molecule has 25 heavy (non-hydrogen) atoms. The van der Waals surface area contributed by atoms with Crippen LogP contribution in [0.2, 0.25) is 0 Å². The van der Waals surface area contributed by atoms with Gasteiger partial charge in [-0.2, -0.15) is 10.2 Å². The van der Waals surface area contributed by atoms with Gasteiger partial charge in [0, 0.05) is 24.0 Å². The molecule has 6 heteroatoms. The van der Waals surface area contributed by atoms with Crippen molar-refractivity contribution in [3.8, 4) is 5.69 Å². The average Bonchev–Trinajstić information content (AvgIpc) is 3.16. The third kappa shape index (κ3) is 3.47. The van der Waals surface area contributed by atoms with Gasteiger partial charge in [0.1, 0.15) is 6.04 Å². The minimum absolute atomic E-state index is 0.0608. The van der Waals surface area contributed by atoms with Crippen molar-refractivity contribution in [3.63, 3.8) is 0 Å². The molecule has 0 spiro atoms. The monoisotopic (exact) mass is 337 g/mol. The first-order valence-corrected chi connectivity index (χ1v) is 8.37. The Hall–Kier alpha value is -2.89. The topological polar surface area (TPSA) is 64.7 Å². The highest BCUT2D eigenvalue weighted by Crippen LogP contribution is 2.18. The van der Waals surface area contributed by atoms with E-state index in [1.807, 2.05) is 75.0 Å². The Balaban J connectivity index is 1.73. The van der Waals surface area contributed by atoms with Crippen molar-refractivity contribution in [2.24, 2.45) is 0 Å². The highest BCUT2D eigenvalue weighted by atomic mass is 16.2. The highest BCUT2D eigenvalue weighted by molar-refractivity contribution is 5.79. The zero-order valence-electron chi connectivity index (χ0n) is 15.0. The van der Waals surface area contributed by atoms with E-state index in [4.69, 9.17) is 0 Å². The summed E-state index contributed by atoms with van der Waals surface area (Å²) in [6, 6.07) is 11.5. The minimum atomic E-state index is -0.349. The third-order valence-corrected chi connectivity index (χ3v) is 4.40. The number of amides is 1. The van der Waals surface area contributed by atoms with Gasteiger partial charge in [0.15, 0.2) is 0 Å². The van der Waals surface area contributed by atoms with Gasteiger partial charge in [0.25, 0.3) is 0 Å². The van der Waals surface area contributed by atoms with E-state index in [1.165, 1.54) is 0 Å². The van der Waals surface area contributed by atoms with Crippen LogP contribution in [0.15, 0.2) is 42.6 Å². The van der Waals surface area contributed by atoms with Gasteiger partial charge in [-0.25, -0.2) is 4.68 Å². The molecule has 0 aliphatic carbocycles. The molecule has 3 aromatic rings. The van der Waals surface area contributed by atoms with E-state index in [9.17, 15) is 4.79 Å². The van der Waals surface area contributed by atoms with Crippen LogP contribution in [0.25, 0.3) is 5.69 Å². The molecule has 3 rings (SSSR count). The summed E-state index contributed by atoms with van der Waals surface area (Å²) in [4.78, 5) is 12.4. The summed E-state index contributed by atoms with van der Waals surface area (Å²) < 4.78 is 3.59. The molecule has 130 valence electrons. The van der Waals surface area contributed by atoms with Crippen LogP contribution in [0.3, 0.4) is 0 Å². The number of aromatic nitrogens is 4. The van der Waals surface area contributed by atoms with Crippen molar-refractivity contribution in [1.29, 1.82) is 0 Å². The van der Waals surface area contributed by atoms with Crippen LogP contribution in [0.5, 0.6) is 0 Å². The van der Waals surface area contributed by atoms with Crippen LogP contribution in [0.4, 0.5) is 0 Å². The Kier molecular flexibility index (Phi) is 4.70. The molecule has 2 aromatic heterocycles. The highest BCUT2D eigenvalue weighted by Gasteiger charge is 2.18. The molecule has 0 saturated heterocycles. The molecular formula is C19H23N5O. The van der Waals surface area contributed by atoms with E-state index in [0.29, 0.717) is 6.54 Å². The Labute approximate surface area is 147 Å². The molecule has 0 saturated carbocycles. The Morgan fingerprint density at radius 1 is 1.12 bits per heavy atom. The molecule has 1 N–H and O–H groups in total. The van der Waals surface area contributed by atoms with Crippen LogP contribution >= 0.6 is 0 Å². The maximum absolute atomic E-state index is 12.4. The van der Waals surface area contributed by atoms with Crippen molar-refractivity contribution in [2.45, 2.75) is 40.3 Å². The molecule has 1 amide bonds. The molecule has 0 radical (unpaired) electrons. The van der Waals surface area contributed by atoms with Crippen molar-refractivity contribution in [2.75, 3.05) is 0 Å². The second kappa shape index (κ2) is 6.93. The number of rotatable bonds is 5. The van der Waals surface area contributed by atoms with Gasteiger partial charge in [-0.15, -0.1) is 0 Å². The van der Waals surface area contributed by atoms with E-state index in [-0.39, 0.29) is 11.9 Å². The number of nitrogens with one attached hydrogen (secondary N) is 1. The molecular weight excluding hydrogens is 314 g/mol. The summed E-state index contributed by atoms with van der Waals surface area (Å²) in [5.74, 6) is -0.0608. The average molecular weight is 337 g/mol. The molecule has 1 aromatic carbocycles. The van der Waals surface area contributed by atoms with Gasteiger partial charge in [-0.05, 0) is 45.9 Å². The molecule has 6 nitrogen and oxygen atoms in total. The van der Waals surface area contributed by atoms with Gasteiger partial charge < -0.3 is 5.32 Å². The zero-order chi connectivity index (χ0) is 18.0. The lowest BCUT2D eigenvalue weighted by molar-refractivity contribution is -0.124. The standard InChI is InChI=1S/C19H23N5O/c1-13-10-11-23(21-13)16(4)19(25)20-12-18-14(2)22-24(15(18)3)17-8-6-5-7-9-17/h5-11,16H,12H2,1-4H3,(H,20,25). The minimum Gasteiger partial charge on any atom is -0.350 e. The molecule has 0 fully saturated rings. The fourth-order valence-corrected chi connectivity index (χ4v) is 2.84. The second-order valence-electron chi connectivity index (χ2n) is 6.23. The fraction of sp³-hybridized carbons (Fsp3) is 0.316. The normalized spacial score (nSPS) is 12.2. The summed E-state index contributed by atoms with van der Waals surface area (Å²) >= 11 is 0. The second-order valence-corrected chi connectivity index (χ2v) is 6.23. The maximum atomic E-state index is 12.4. The number of carbonyl (C=O) groups excluding carboxylic acids is 1. The Morgan fingerprint density at radius 3 is 2.48 bits per heavy atom. The number of aryl methyl sites for hydroxylation is 2. The lowest BCUT2D eigenvalue weighted by Gasteiger charge is -2.13. The molecule has 1 unspecified atom stereocenters. The van der Waals surface area contributed by atoms with Gasteiger partial charge in [0.2, 0.25) is 5.91 Å². The van der Waals surface area contributed by atoms with Crippen LogP contribution in [-0.4, -0.2) is 25.5 Å². The third-order valence-electron chi connectivity index (χ3n) is 4.40. The zero-order valence-corrected chi connectivity index (χ0v) is 15.0. The summed E-state index contributed by atoms with van der Waals surface area (Å²) in [6.07, 6.45) is 1.82. The number of hydrogen-bond donors (Lipinski definition) is 1. The smallest absolute Gasteiger partial charge is 0.244 e. The number of carbonyl (C=O) groups is 1. The first-order valence-electron chi connectivity index (χ1n) is 8.37. The van der Waals surface area contributed by atoms with E-state index in [1.54, 1.807) is 4.68 Å². The molecule has 0 aliphatic heterocycles. The number of nitrogens with zero attached hydrogens (tertiary/aromatic N) is 4. The van der Waals surface area contributed by atoms with Crippen molar-refractivity contribution in [1.82, 2.24) is 24.9 Å². The Bertz CT molecular complexity index is 879. The first-order chi connectivity index (χ1) is 12.0. The summed E-state index contributed by atoms with van der Waals surface area (Å²) in [7, 11) is 0. The van der Waals surface area contributed by atoms with Crippen molar-refractivity contribution >= 4 is 5.91 Å². The number of hydrogen-bond acceptors (Lipinski definition) is 3. The lowest BCUT2D eigenvalue weighted by atomic mass is 10.2. The lowest BCUT2D eigenvalue weighted by Crippen LogP contribution is -2.31. The van der Waals surface area contributed by atoms with Gasteiger partial charge in [-0.3, -0.25) is 9.48 Å². The van der Waals surface area contributed by atoms with E-state index < -0.39 is 0 Å². The van der Waals surface area contributed by atoms with Crippen LogP contribution in [0, 0.1) is 20.8 Å². The summed E-state index contributed by atoms with van der Waals surface area (Å²) in [5.41, 5.74) is 4.91. The first kappa shape index (κ1) is 17.0. The van der Waals surface area contributed by atoms with Gasteiger partial charge >= 0.3 is 0 Å². The number of para-hydroxylation sites is 1. The van der Waals surface area contributed by atoms with E-state index in [2.05, 4.69) is 15.5 Å². The van der Waals surface area contributed by atoms with Gasteiger partial charge in [0.05, 0.1) is 17.1 Å². The van der Waals surface area contributed by atoms with Gasteiger partial charge in [-0.1, -0.05) is 18.2 Å². The van der Waals surface area contributed by atoms with Crippen molar-refractivity contribution < 1.29 is 4.79 Å². The van der Waals surface area contributed by atoms with Crippen LogP contribution in [0.1, 0.15) is 35.6 Å². The summed E-state index contributed by atoms with van der Waals surface area (Å²) in [5, 5.41) is 11.9. The predicted molar refractivity (Wildman–Crippen MR) is 96.6 cm³/mol.